The molecule has 0 bridgehead atoms. The van der Waals surface area contributed by atoms with E-state index in [0.717, 1.165) is 0 Å². The quantitative estimate of drug-likeness (QED) is 0.0870. The number of ketones is 1. The van der Waals surface area contributed by atoms with Crippen LogP contribution in [0.2, 0.25) is 23.4 Å². The van der Waals surface area contributed by atoms with Gasteiger partial charge in [-0.25, -0.2) is 19.4 Å². The predicted octanol–water partition coefficient (Wildman–Crippen LogP) is 6.37. The van der Waals surface area contributed by atoms with Crippen molar-refractivity contribution in [3.8, 4) is 0 Å². The van der Waals surface area contributed by atoms with Gasteiger partial charge in [0.2, 0.25) is 11.4 Å². The Morgan fingerprint density at radius 3 is 2.08 bits per heavy atom. The van der Waals surface area contributed by atoms with E-state index in [-0.39, 0.29) is 40.5 Å². The molecule has 2 aromatic heterocycles. The fraction of sp³-hybridized carbons (Fsp3) is 0.719. The van der Waals surface area contributed by atoms with E-state index in [2.05, 4.69) is 48.8 Å². The number of esters is 1. The number of carbonyl (C=O) groups is 4. The summed E-state index contributed by atoms with van der Waals surface area (Å²) in [6, 6.07) is 0. The Morgan fingerprint density at radius 2 is 1.59 bits per heavy atom. The number of ether oxygens (including phenoxy) is 5. The molecule has 4 atom stereocenters. The highest BCUT2D eigenvalue weighted by atomic mass is 35.5. The molecule has 1 saturated heterocycles. The number of carbonyl (C=O) groups excluding carboxylic acids is 4. The summed E-state index contributed by atoms with van der Waals surface area (Å²) in [4.78, 5) is 65.2. The van der Waals surface area contributed by atoms with Gasteiger partial charge >= 0.3 is 18.2 Å². The van der Waals surface area contributed by atoms with Gasteiger partial charge in [0.25, 0.3) is 0 Å². The zero-order valence-corrected chi connectivity index (χ0v) is 32.5. The molecule has 3 rings (SSSR count). The lowest BCUT2D eigenvalue weighted by molar-refractivity contribution is -0.163. The van der Waals surface area contributed by atoms with E-state index in [1.54, 1.807) is 53.0 Å². The molecule has 2 aromatic rings. The van der Waals surface area contributed by atoms with Crippen LogP contribution in [0.15, 0.2) is 6.33 Å². The monoisotopic (exact) mass is 727 g/mol. The van der Waals surface area contributed by atoms with Gasteiger partial charge in [-0.15, -0.1) is 0 Å². The first kappa shape index (κ1) is 40.2. The highest BCUT2D eigenvalue weighted by molar-refractivity contribution is 6.74. The Morgan fingerprint density at radius 1 is 1.02 bits per heavy atom. The number of Topliss-reactive ketones (excluding diaryl/α,β-unsaturated/α-hetero) is 1. The van der Waals surface area contributed by atoms with Gasteiger partial charge < -0.3 is 28.1 Å². The molecule has 274 valence electrons. The number of nitrogens with zero attached hydrogens (tertiary/aromatic N) is 5. The van der Waals surface area contributed by atoms with Crippen LogP contribution in [0.25, 0.3) is 11.2 Å². The molecule has 0 aliphatic carbocycles. The van der Waals surface area contributed by atoms with Crippen LogP contribution in [-0.2, 0) is 37.7 Å². The molecule has 3 heterocycles. The number of fused-ring (bicyclic) bond motifs is 1. The van der Waals surface area contributed by atoms with Crippen molar-refractivity contribution in [3.05, 3.63) is 11.6 Å². The second-order valence-electron chi connectivity index (χ2n) is 15.3. The third kappa shape index (κ3) is 10.2. The SMILES string of the molecule is CCOC(=O)C(OC[C@@H]1C[C@@H](O[Si](C)(C)C(C)(C)C)[C@H](n2cnc3c(N(C(=O)OC(C)(C)C)C(=O)OC(C)(C)C)nc(Cl)nc32)O1)C(C)=O. The Bertz CT molecular complexity index is 1520. The van der Waals surface area contributed by atoms with Crippen molar-refractivity contribution < 1.29 is 47.3 Å². The van der Waals surface area contributed by atoms with Crippen molar-refractivity contribution in [1.29, 1.82) is 0 Å². The number of amides is 2. The highest BCUT2D eigenvalue weighted by Gasteiger charge is 2.47. The molecule has 0 radical (unpaired) electrons. The molecule has 0 spiro atoms. The molecule has 1 aliphatic heterocycles. The first-order valence-corrected chi connectivity index (χ1v) is 19.4. The van der Waals surface area contributed by atoms with Crippen LogP contribution >= 0.6 is 11.6 Å². The van der Waals surface area contributed by atoms with Crippen molar-refractivity contribution in [2.24, 2.45) is 0 Å². The maximum absolute atomic E-state index is 13.5. The lowest BCUT2D eigenvalue weighted by Gasteiger charge is -2.39. The summed E-state index contributed by atoms with van der Waals surface area (Å²) < 4.78 is 36.7. The summed E-state index contributed by atoms with van der Waals surface area (Å²) in [7, 11) is -2.40. The van der Waals surface area contributed by atoms with E-state index in [1.165, 1.54) is 13.3 Å². The number of anilines is 1. The van der Waals surface area contributed by atoms with E-state index in [1.807, 2.05) is 0 Å². The summed E-state index contributed by atoms with van der Waals surface area (Å²) in [6.45, 7) is 23.3. The van der Waals surface area contributed by atoms with Gasteiger partial charge in [0.05, 0.1) is 31.7 Å². The lowest BCUT2D eigenvalue weighted by Crippen LogP contribution is -2.45. The zero-order chi connectivity index (χ0) is 37.3. The average Bonchev–Trinajstić information content (AvgIpc) is 3.49. The normalized spacial score (nSPS) is 19.4. The molecular weight excluding hydrogens is 678 g/mol. The second-order valence-corrected chi connectivity index (χ2v) is 20.4. The summed E-state index contributed by atoms with van der Waals surface area (Å²) in [5, 5.41) is -0.452. The third-order valence-corrected chi connectivity index (χ3v) is 12.4. The maximum atomic E-state index is 13.5. The maximum Gasteiger partial charge on any atom is 0.425 e. The number of rotatable bonds is 10. The Kier molecular flexibility index (Phi) is 12.3. The molecule has 1 unspecified atom stereocenters. The standard InChI is InChI=1S/C32H50ClN5O10Si/c1-14-43-26(40)22(18(2)39)44-16-19-15-20(48-49(12,13)32(9,10)11)25(45-19)37-17-34-21-23(37)35-27(33)36-24(21)38(28(41)46-30(3,4)5)29(42)47-31(6,7)8/h17,19-20,22,25H,14-16H2,1-13H3/t19-,20+,22?,25+/m0/s1. The lowest BCUT2D eigenvalue weighted by atomic mass is 10.2. The van der Waals surface area contributed by atoms with E-state index >= 15 is 0 Å². The van der Waals surface area contributed by atoms with E-state index in [4.69, 9.17) is 39.7 Å². The molecule has 15 nitrogen and oxygen atoms in total. The molecule has 0 N–H and O–H groups in total. The van der Waals surface area contributed by atoms with Crippen molar-refractivity contribution in [2.75, 3.05) is 18.1 Å². The number of aromatic nitrogens is 4. The van der Waals surface area contributed by atoms with Crippen molar-refractivity contribution in [2.45, 2.75) is 136 Å². The minimum Gasteiger partial charge on any atom is -0.464 e. The number of halogens is 1. The largest absolute Gasteiger partial charge is 0.464 e. The summed E-state index contributed by atoms with van der Waals surface area (Å²) in [6.07, 6.45) is -3.78. The smallest absolute Gasteiger partial charge is 0.425 e. The topological polar surface area (TPSA) is 171 Å². The van der Waals surface area contributed by atoms with Crippen LogP contribution in [0.3, 0.4) is 0 Å². The van der Waals surface area contributed by atoms with Crippen LogP contribution in [-0.4, -0.2) is 94.5 Å². The van der Waals surface area contributed by atoms with Gasteiger partial charge in [0, 0.05) is 6.42 Å². The first-order valence-electron chi connectivity index (χ1n) is 16.1. The van der Waals surface area contributed by atoms with Gasteiger partial charge in [0.15, 0.2) is 37.3 Å². The molecule has 0 aromatic carbocycles. The highest BCUT2D eigenvalue weighted by Crippen LogP contribution is 2.43. The van der Waals surface area contributed by atoms with Crippen LogP contribution in [0.5, 0.6) is 0 Å². The number of hydrogen-bond donors (Lipinski definition) is 0. The van der Waals surface area contributed by atoms with Gasteiger partial charge in [-0.1, -0.05) is 20.8 Å². The van der Waals surface area contributed by atoms with Crippen molar-refractivity contribution in [1.82, 2.24) is 19.5 Å². The molecule has 1 aliphatic rings. The molecule has 1 fully saturated rings. The summed E-state index contributed by atoms with van der Waals surface area (Å²) in [5.74, 6) is -1.53. The number of hydrogen-bond acceptors (Lipinski definition) is 13. The summed E-state index contributed by atoms with van der Waals surface area (Å²) in [5.41, 5.74) is -1.76. The number of imidazole rings is 1. The number of imide groups is 1. The van der Waals surface area contributed by atoms with Crippen LogP contribution in [0, 0.1) is 0 Å². The van der Waals surface area contributed by atoms with E-state index < -0.39 is 68.0 Å². The molecule has 49 heavy (non-hydrogen) atoms. The van der Waals surface area contributed by atoms with Crippen molar-refractivity contribution in [3.63, 3.8) is 0 Å². The van der Waals surface area contributed by atoms with Crippen LogP contribution < -0.4 is 4.90 Å². The fourth-order valence-electron chi connectivity index (χ4n) is 4.58. The molecule has 0 saturated carbocycles. The van der Waals surface area contributed by atoms with Crippen LogP contribution in [0.4, 0.5) is 15.4 Å². The Balaban J connectivity index is 2.11. The van der Waals surface area contributed by atoms with Gasteiger partial charge in [-0.2, -0.15) is 14.9 Å². The molecule has 2 amide bonds. The fourth-order valence-corrected chi connectivity index (χ4v) is 6.07. The predicted molar refractivity (Wildman–Crippen MR) is 183 cm³/mol. The zero-order valence-electron chi connectivity index (χ0n) is 30.7. The van der Waals surface area contributed by atoms with Gasteiger partial charge in [-0.05, 0) is 85.1 Å². The first-order chi connectivity index (χ1) is 22.3. The van der Waals surface area contributed by atoms with Crippen molar-refractivity contribution >= 4 is 60.8 Å². The summed E-state index contributed by atoms with van der Waals surface area (Å²) >= 11 is 6.42. The minimum atomic E-state index is -2.40. The van der Waals surface area contributed by atoms with Crippen LogP contribution in [0.1, 0.15) is 88.8 Å². The Hall–Kier alpha value is -3.18. The van der Waals surface area contributed by atoms with E-state index in [9.17, 15) is 19.2 Å². The second kappa shape index (κ2) is 15.0. The minimum absolute atomic E-state index is 0.0365. The van der Waals surface area contributed by atoms with Gasteiger partial charge in [-0.3, -0.25) is 9.36 Å². The van der Waals surface area contributed by atoms with Gasteiger partial charge in [0.1, 0.15) is 11.2 Å². The molecular formula is C32H50ClN5O10Si. The third-order valence-electron chi connectivity index (χ3n) is 7.73. The Labute approximate surface area is 293 Å². The van der Waals surface area contributed by atoms with E-state index in [0.29, 0.717) is 11.3 Å². The average molecular weight is 728 g/mol. The molecule has 17 heteroatoms.